The Hall–Kier alpha value is -2.36. The summed E-state index contributed by atoms with van der Waals surface area (Å²) < 4.78 is 0. The zero-order chi connectivity index (χ0) is 14.1. The second-order valence-electron chi connectivity index (χ2n) is 5.32. The third kappa shape index (κ3) is 2.25. The molecule has 0 radical (unpaired) electrons. The van der Waals surface area contributed by atoms with Gasteiger partial charge in [-0.25, -0.2) is 4.98 Å². The fraction of sp³-hybridized carbons (Fsp3) is 0.250. The molecular weight excluding hydrogens is 250 g/mol. The van der Waals surface area contributed by atoms with E-state index in [1.165, 1.54) is 5.56 Å². The summed E-state index contributed by atoms with van der Waals surface area (Å²) in [6, 6.07) is 11.4. The Kier molecular flexibility index (Phi) is 3.14. The molecule has 2 aromatic rings. The SMILES string of the molecule is CC1Cc2ccccc2N(C(=O)c2ccnc(N)c2)C1. The van der Waals surface area contributed by atoms with Gasteiger partial charge in [0.1, 0.15) is 5.82 Å². The average molecular weight is 267 g/mol. The topological polar surface area (TPSA) is 59.2 Å². The minimum absolute atomic E-state index is 0.0156. The monoisotopic (exact) mass is 267 g/mol. The second-order valence-corrected chi connectivity index (χ2v) is 5.32. The molecule has 0 fully saturated rings. The van der Waals surface area contributed by atoms with E-state index in [4.69, 9.17) is 5.73 Å². The summed E-state index contributed by atoms with van der Waals surface area (Å²) in [5.41, 5.74) is 8.48. The first-order valence-electron chi connectivity index (χ1n) is 6.76. The fourth-order valence-electron chi connectivity index (χ4n) is 2.73. The third-order valence-corrected chi connectivity index (χ3v) is 3.62. The maximum atomic E-state index is 12.7. The summed E-state index contributed by atoms with van der Waals surface area (Å²) in [6.45, 7) is 2.90. The van der Waals surface area contributed by atoms with Crippen molar-refractivity contribution >= 4 is 17.4 Å². The number of carbonyl (C=O) groups excluding carboxylic acids is 1. The van der Waals surface area contributed by atoms with Gasteiger partial charge >= 0.3 is 0 Å². The number of carbonyl (C=O) groups is 1. The van der Waals surface area contributed by atoms with Crippen LogP contribution in [-0.2, 0) is 6.42 Å². The Morgan fingerprint density at radius 3 is 2.95 bits per heavy atom. The summed E-state index contributed by atoms with van der Waals surface area (Å²) in [5, 5.41) is 0. The van der Waals surface area contributed by atoms with E-state index in [1.54, 1.807) is 18.3 Å². The molecule has 1 aromatic heterocycles. The summed E-state index contributed by atoms with van der Waals surface area (Å²) >= 11 is 0. The van der Waals surface area contributed by atoms with Crippen molar-refractivity contribution in [1.29, 1.82) is 0 Å². The van der Waals surface area contributed by atoms with Crippen LogP contribution in [0.5, 0.6) is 0 Å². The molecule has 3 rings (SSSR count). The standard InChI is InChI=1S/C16H17N3O/c1-11-8-12-4-2-3-5-14(12)19(10-11)16(20)13-6-7-18-15(17)9-13/h2-7,9,11H,8,10H2,1H3,(H2,17,18). The van der Waals surface area contributed by atoms with Crippen molar-refractivity contribution < 1.29 is 4.79 Å². The molecule has 2 N–H and O–H groups in total. The van der Waals surface area contributed by atoms with E-state index in [-0.39, 0.29) is 5.91 Å². The number of aromatic nitrogens is 1. The van der Waals surface area contributed by atoms with Crippen molar-refractivity contribution in [3.63, 3.8) is 0 Å². The van der Waals surface area contributed by atoms with Gasteiger partial charge in [-0.3, -0.25) is 4.79 Å². The number of fused-ring (bicyclic) bond motifs is 1. The highest BCUT2D eigenvalue weighted by Crippen LogP contribution is 2.30. The maximum absolute atomic E-state index is 12.7. The Morgan fingerprint density at radius 1 is 1.35 bits per heavy atom. The van der Waals surface area contributed by atoms with Gasteiger partial charge in [-0.15, -0.1) is 0 Å². The van der Waals surface area contributed by atoms with Crippen LogP contribution in [0.1, 0.15) is 22.8 Å². The lowest BCUT2D eigenvalue weighted by Gasteiger charge is -2.33. The van der Waals surface area contributed by atoms with Gasteiger partial charge in [0.25, 0.3) is 5.91 Å². The minimum Gasteiger partial charge on any atom is -0.384 e. The molecule has 1 unspecified atom stereocenters. The van der Waals surface area contributed by atoms with Gasteiger partial charge in [0.2, 0.25) is 0 Å². The molecule has 1 atom stereocenters. The number of nitrogen functional groups attached to an aromatic ring is 1. The zero-order valence-electron chi connectivity index (χ0n) is 11.4. The highest BCUT2D eigenvalue weighted by Gasteiger charge is 2.26. The van der Waals surface area contributed by atoms with Crippen LogP contribution in [0.25, 0.3) is 0 Å². The molecule has 0 spiro atoms. The molecule has 20 heavy (non-hydrogen) atoms. The first-order chi connectivity index (χ1) is 9.65. The number of rotatable bonds is 1. The van der Waals surface area contributed by atoms with Gasteiger partial charge in [-0.2, -0.15) is 0 Å². The van der Waals surface area contributed by atoms with E-state index in [1.807, 2.05) is 23.1 Å². The number of hydrogen-bond acceptors (Lipinski definition) is 3. The third-order valence-electron chi connectivity index (χ3n) is 3.62. The molecule has 0 saturated heterocycles. The summed E-state index contributed by atoms with van der Waals surface area (Å²) in [6.07, 6.45) is 2.58. The zero-order valence-corrected chi connectivity index (χ0v) is 11.4. The van der Waals surface area contributed by atoms with Crippen LogP contribution in [-0.4, -0.2) is 17.4 Å². The average Bonchev–Trinajstić information content (AvgIpc) is 2.45. The number of para-hydroxylation sites is 1. The number of nitrogens with two attached hydrogens (primary N) is 1. The van der Waals surface area contributed by atoms with Crippen LogP contribution in [0.2, 0.25) is 0 Å². The van der Waals surface area contributed by atoms with E-state index in [9.17, 15) is 4.79 Å². The number of pyridine rings is 1. The van der Waals surface area contributed by atoms with Gasteiger partial charge in [0.05, 0.1) is 0 Å². The molecule has 1 amide bonds. The predicted octanol–water partition coefficient (Wildman–Crippen LogP) is 2.50. The highest BCUT2D eigenvalue weighted by molar-refractivity contribution is 6.07. The fourth-order valence-corrected chi connectivity index (χ4v) is 2.73. The Balaban J connectivity index is 2.00. The second kappa shape index (κ2) is 4.96. The normalized spacial score (nSPS) is 17.6. The van der Waals surface area contributed by atoms with Crippen LogP contribution in [0.15, 0.2) is 42.6 Å². The maximum Gasteiger partial charge on any atom is 0.258 e. The molecule has 0 aliphatic carbocycles. The largest absolute Gasteiger partial charge is 0.384 e. The van der Waals surface area contributed by atoms with Crippen LogP contribution in [0.4, 0.5) is 11.5 Å². The van der Waals surface area contributed by atoms with Crippen molar-refractivity contribution in [2.24, 2.45) is 5.92 Å². The molecule has 4 heteroatoms. The minimum atomic E-state index is -0.0156. The van der Waals surface area contributed by atoms with Crippen molar-refractivity contribution in [3.8, 4) is 0 Å². The predicted molar refractivity (Wildman–Crippen MR) is 79.6 cm³/mol. The number of amides is 1. The quantitative estimate of drug-likeness (QED) is 0.863. The van der Waals surface area contributed by atoms with Crippen molar-refractivity contribution in [1.82, 2.24) is 4.98 Å². The van der Waals surface area contributed by atoms with Crippen molar-refractivity contribution in [3.05, 3.63) is 53.7 Å². The number of benzene rings is 1. The first kappa shape index (κ1) is 12.7. The van der Waals surface area contributed by atoms with E-state index in [0.29, 0.717) is 17.3 Å². The molecule has 0 bridgehead atoms. The number of hydrogen-bond donors (Lipinski definition) is 1. The van der Waals surface area contributed by atoms with E-state index < -0.39 is 0 Å². The molecule has 2 heterocycles. The lowest BCUT2D eigenvalue weighted by atomic mass is 9.93. The van der Waals surface area contributed by atoms with Crippen LogP contribution >= 0.6 is 0 Å². The molecule has 1 aliphatic rings. The molecule has 102 valence electrons. The molecular formula is C16H17N3O. The summed E-state index contributed by atoms with van der Waals surface area (Å²) in [7, 11) is 0. The Morgan fingerprint density at radius 2 is 2.15 bits per heavy atom. The van der Waals surface area contributed by atoms with E-state index in [0.717, 1.165) is 18.7 Å². The lowest BCUT2D eigenvalue weighted by Crippen LogP contribution is -2.39. The molecule has 1 aliphatic heterocycles. The Bertz CT molecular complexity index is 654. The van der Waals surface area contributed by atoms with Crippen LogP contribution in [0.3, 0.4) is 0 Å². The van der Waals surface area contributed by atoms with E-state index in [2.05, 4.69) is 18.0 Å². The van der Waals surface area contributed by atoms with Crippen LogP contribution in [0, 0.1) is 5.92 Å². The molecule has 1 aromatic carbocycles. The molecule has 0 saturated carbocycles. The Labute approximate surface area is 118 Å². The lowest BCUT2D eigenvalue weighted by molar-refractivity contribution is 0.0981. The summed E-state index contributed by atoms with van der Waals surface area (Å²) in [5.74, 6) is 0.806. The molecule has 4 nitrogen and oxygen atoms in total. The van der Waals surface area contributed by atoms with Crippen LogP contribution < -0.4 is 10.6 Å². The number of anilines is 2. The van der Waals surface area contributed by atoms with Crippen molar-refractivity contribution in [2.45, 2.75) is 13.3 Å². The van der Waals surface area contributed by atoms with Gasteiger partial charge in [0.15, 0.2) is 0 Å². The smallest absolute Gasteiger partial charge is 0.258 e. The first-order valence-corrected chi connectivity index (χ1v) is 6.76. The van der Waals surface area contributed by atoms with Gasteiger partial charge in [-0.05, 0) is 36.1 Å². The van der Waals surface area contributed by atoms with Gasteiger partial charge in [0, 0.05) is 24.0 Å². The number of nitrogens with zero attached hydrogens (tertiary/aromatic N) is 2. The van der Waals surface area contributed by atoms with Gasteiger partial charge in [-0.1, -0.05) is 25.1 Å². The van der Waals surface area contributed by atoms with Crippen molar-refractivity contribution in [2.75, 3.05) is 17.2 Å². The highest BCUT2D eigenvalue weighted by atomic mass is 16.2. The van der Waals surface area contributed by atoms with E-state index >= 15 is 0 Å². The van der Waals surface area contributed by atoms with Gasteiger partial charge < -0.3 is 10.6 Å². The summed E-state index contributed by atoms with van der Waals surface area (Å²) in [4.78, 5) is 18.5.